The van der Waals surface area contributed by atoms with Crippen molar-refractivity contribution >= 4 is 23.5 Å². The fourth-order valence-electron chi connectivity index (χ4n) is 2.19. The molecule has 0 aliphatic carbocycles. The lowest BCUT2D eigenvalue weighted by Crippen LogP contribution is -2.34. The highest BCUT2D eigenvalue weighted by molar-refractivity contribution is 6.32. The summed E-state index contributed by atoms with van der Waals surface area (Å²) in [5, 5.41) is 4.72. The third kappa shape index (κ3) is 3.90. The number of esters is 1. The van der Waals surface area contributed by atoms with Gasteiger partial charge >= 0.3 is 5.97 Å². The Morgan fingerprint density at radius 2 is 2.09 bits per heavy atom. The number of aromatic nitrogens is 2. The van der Waals surface area contributed by atoms with Gasteiger partial charge < -0.3 is 9.64 Å². The molecule has 1 aromatic heterocycles. The summed E-state index contributed by atoms with van der Waals surface area (Å²) in [7, 11) is 2.96. The first-order valence-corrected chi connectivity index (χ1v) is 7.44. The number of carbonyl (C=O) groups excluding carboxylic acids is 2. The maximum Gasteiger partial charge on any atom is 0.310 e. The summed E-state index contributed by atoms with van der Waals surface area (Å²) < 4.78 is 6.21. The van der Waals surface area contributed by atoms with Crippen LogP contribution >= 0.6 is 11.6 Å². The molecule has 6 nitrogen and oxygen atoms in total. The maximum atomic E-state index is 12.4. The number of halogens is 1. The van der Waals surface area contributed by atoms with Crippen LogP contribution < -0.4 is 0 Å². The fourth-order valence-corrected chi connectivity index (χ4v) is 2.41. The minimum atomic E-state index is -0.396. The first kappa shape index (κ1) is 17.0. The molecule has 1 amide bonds. The van der Waals surface area contributed by atoms with Crippen molar-refractivity contribution in [3.63, 3.8) is 0 Å². The van der Waals surface area contributed by atoms with Crippen LogP contribution in [0.25, 0.3) is 5.69 Å². The molecule has 1 heterocycles. The molecule has 0 saturated carbocycles. The molecule has 0 aliphatic heterocycles. The predicted molar refractivity (Wildman–Crippen MR) is 86.7 cm³/mol. The largest absolute Gasteiger partial charge is 0.469 e. The van der Waals surface area contributed by atoms with Crippen molar-refractivity contribution in [2.24, 2.45) is 5.92 Å². The van der Waals surface area contributed by atoms with Crippen molar-refractivity contribution in [3.8, 4) is 5.69 Å². The molecule has 0 radical (unpaired) electrons. The third-order valence-electron chi connectivity index (χ3n) is 3.43. The van der Waals surface area contributed by atoms with Crippen LogP contribution in [0.4, 0.5) is 0 Å². The second kappa shape index (κ2) is 7.28. The van der Waals surface area contributed by atoms with Crippen molar-refractivity contribution in [2.75, 3.05) is 20.7 Å². The maximum absolute atomic E-state index is 12.4. The summed E-state index contributed by atoms with van der Waals surface area (Å²) in [5.74, 6) is -0.969. The second-order valence-corrected chi connectivity index (χ2v) is 5.64. The van der Waals surface area contributed by atoms with Crippen LogP contribution in [-0.4, -0.2) is 47.3 Å². The highest BCUT2D eigenvalue weighted by Crippen LogP contribution is 2.19. The van der Waals surface area contributed by atoms with E-state index in [-0.39, 0.29) is 18.4 Å². The number of nitrogens with zero attached hydrogens (tertiary/aromatic N) is 3. The Kier molecular flexibility index (Phi) is 5.39. The van der Waals surface area contributed by atoms with Crippen molar-refractivity contribution in [1.29, 1.82) is 0 Å². The average molecular weight is 336 g/mol. The van der Waals surface area contributed by atoms with Gasteiger partial charge in [-0.2, -0.15) is 5.10 Å². The highest BCUT2D eigenvalue weighted by atomic mass is 35.5. The molecule has 0 spiro atoms. The first-order valence-electron chi connectivity index (χ1n) is 7.07. The highest BCUT2D eigenvalue weighted by Gasteiger charge is 2.20. The lowest BCUT2D eigenvalue weighted by molar-refractivity contribution is -0.145. The number of amides is 1. The van der Waals surface area contributed by atoms with E-state index in [1.165, 1.54) is 18.2 Å². The van der Waals surface area contributed by atoms with Crippen LogP contribution in [0, 0.1) is 5.92 Å². The minimum Gasteiger partial charge on any atom is -0.469 e. The Balaban J connectivity index is 2.12. The molecule has 0 saturated heterocycles. The Hall–Kier alpha value is -2.34. The third-order valence-corrected chi connectivity index (χ3v) is 3.75. The van der Waals surface area contributed by atoms with Crippen LogP contribution in [0.15, 0.2) is 36.7 Å². The van der Waals surface area contributed by atoms with Crippen LogP contribution in [0.3, 0.4) is 0 Å². The van der Waals surface area contributed by atoms with Gasteiger partial charge in [-0.3, -0.25) is 9.59 Å². The van der Waals surface area contributed by atoms with Gasteiger partial charge in [-0.05, 0) is 12.1 Å². The molecule has 1 atom stereocenters. The number of carbonyl (C=O) groups is 2. The Bertz CT molecular complexity index is 714. The lowest BCUT2D eigenvalue weighted by Gasteiger charge is -2.19. The number of methoxy groups -OCH3 is 1. The zero-order valence-electron chi connectivity index (χ0n) is 13.2. The van der Waals surface area contributed by atoms with Crippen molar-refractivity contribution < 1.29 is 14.3 Å². The summed E-state index contributed by atoms with van der Waals surface area (Å²) in [5.41, 5.74) is 1.11. The molecule has 0 unspecified atom stereocenters. The van der Waals surface area contributed by atoms with E-state index < -0.39 is 5.92 Å². The molecule has 2 rings (SSSR count). The van der Waals surface area contributed by atoms with E-state index in [1.54, 1.807) is 30.9 Å². The van der Waals surface area contributed by atoms with E-state index in [4.69, 9.17) is 11.6 Å². The lowest BCUT2D eigenvalue weighted by atomic mass is 10.1. The van der Waals surface area contributed by atoms with Gasteiger partial charge in [0, 0.05) is 19.8 Å². The van der Waals surface area contributed by atoms with Gasteiger partial charge in [-0.15, -0.1) is 0 Å². The van der Waals surface area contributed by atoms with E-state index in [9.17, 15) is 9.59 Å². The van der Waals surface area contributed by atoms with Gasteiger partial charge in [0.25, 0.3) is 5.91 Å². The molecule has 2 aromatic rings. The minimum absolute atomic E-state index is 0.223. The average Bonchev–Trinajstić information content (AvgIpc) is 3.03. The van der Waals surface area contributed by atoms with Crippen LogP contribution in [0.1, 0.15) is 17.3 Å². The normalized spacial score (nSPS) is 11.8. The van der Waals surface area contributed by atoms with Gasteiger partial charge in [-0.25, -0.2) is 4.68 Å². The molecule has 7 heteroatoms. The molecule has 0 bridgehead atoms. The molecule has 122 valence electrons. The first-order chi connectivity index (χ1) is 10.9. The van der Waals surface area contributed by atoms with Gasteiger partial charge in [0.2, 0.25) is 0 Å². The standard InChI is InChI=1S/C16H18ClN3O3/c1-11(16(22)23-3)9-19(2)15(21)12-8-18-20(10-12)14-7-5-4-6-13(14)17/h4-8,10-11H,9H2,1-3H3/t11-/m1/s1. The molecule has 1 aromatic carbocycles. The topological polar surface area (TPSA) is 64.4 Å². The number of ether oxygens (including phenoxy) is 1. The van der Waals surface area contributed by atoms with Gasteiger partial charge in [0.1, 0.15) is 0 Å². The Labute approximate surface area is 139 Å². The number of benzene rings is 1. The molecule has 0 aliphatic rings. The number of rotatable bonds is 5. The zero-order chi connectivity index (χ0) is 17.0. The molecular formula is C16H18ClN3O3. The molecule has 0 fully saturated rings. The van der Waals surface area contributed by atoms with Crippen molar-refractivity contribution in [1.82, 2.24) is 14.7 Å². The fraction of sp³-hybridized carbons (Fsp3) is 0.312. The summed E-state index contributed by atoms with van der Waals surface area (Å²) in [6, 6.07) is 7.23. The molecule has 23 heavy (non-hydrogen) atoms. The summed E-state index contributed by atoms with van der Waals surface area (Å²) in [4.78, 5) is 25.3. The van der Waals surface area contributed by atoms with Crippen LogP contribution in [0.2, 0.25) is 5.02 Å². The van der Waals surface area contributed by atoms with E-state index in [0.717, 1.165) is 0 Å². The Morgan fingerprint density at radius 1 is 1.39 bits per heavy atom. The smallest absolute Gasteiger partial charge is 0.310 e. The van der Waals surface area contributed by atoms with E-state index in [0.29, 0.717) is 16.3 Å². The SMILES string of the molecule is COC(=O)[C@H](C)CN(C)C(=O)c1cnn(-c2ccccc2Cl)c1. The number of para-hydroxylation sites is 1. The predicted octanol–water partition coefficient (Wildman–Crippen LogP) is 2.41. The van der Waals surface area contributed by atoms with Gasteiger partial charge in [0.05, 0.1) is 35.5 Å². The second-order valence-electron chi connectivity index (χ2n) is 5.23. The molecular weight excluding hydrogens is 318 g/mol. The summed E-state index contributed by atoms with van der Waals surface area (Å²) in [6.45, 7) is 1.98. The monoisotopic (exact) mass is 335 g/mol. The van der Waals surface area contributed by atoms with Crippen molar-refractivity contribution in [3.05, 3.63) is 47.2 Å². The van der Waals surface area contributed by atoms with Crippen LogP contribution in [-0.2, 0) is 9.53 Å². The Morgan fingerprint density at radius 3 is 2.74 bits per heavy atom. The summed E-state index contributed by atoms with van der Waals surface area (Å²) in [6.07, 6.45) is 3.09. The van der Waals surface area contributed by atoms with E-state index >= 15 is 0 Å². The number of hydrogen-bond donors (Lipinski definition) is 0. The van der Waals surface area contributed by atoms with Crippen molar-refractivity contribution in [2.45, 2.75) is 6.92 Å². The zero-order valence-corrected chi connectivity index (χ0v) is 13.9. The van der Waals surface area contributed by atoms with Gasteiger partial charge in [-0.1, -0.05) is 30.7 Å². The van der Waals surface area contributed by atoms with E-state index in [1.807, 2.05) is 18.2 Å². The van der Waals surface area contributed by atoms with Gasteiger partial charge in [0.15, 0.2) is 0 Å². The summed E-state index contributed by atoms with van der Waals surface area (Å²) >= 11 is 6.12. The van der Waals surface area contributed by atoms with E-state index in [2.05, 4.69) is 9.84 Å². The number of hydrogen-bond acceptors (Lipinski definition) is 4. The molecule has 0 N–H and O–H groups in total. The quantitative estimate of drug-likeness (QED) is 0.787. The van der Waals surface area contributed by atoms with Crippen LogP contribution in [0.5, 0.6) is 0 Å².